The second-order valence-electron chi connectivity index (χ2n) is 4.40. The molecule has 0 N–H and O–H groups in total. The zero-order valence-electron chi connectivity index (χ0n) is 9.40. The number of piperidine rings is 1. The summed E-state index contributed by atoms with van der Waals surface area (Å²) in [5.41, 5.74) is 0.789. The molecular formula is C13H16BrNO. The summed E-state index contributed by atoms with van der Waals surface area (Å²) in [5.74, 6) is 0.803. The van der Waals surface area contributed by atoms with Crippen LogP contribution in [0.1, 0.15) is 23.7 Å². The van der Waals surface area contributed by atoms with Crippen molar-refractivity contribution in [2.24, 2.45) is 5.92 Å². The number of likely N-dealkylation sites (tertiary alicyclic amines) is 1. The first-order chi connectivity index (χ1) is 7.68. The van der Waals surface area contributed by atoms with Crippen molar-refractivity contribution in [3.05, 3.63) is 35.9 Å². The highest BCUT2D eigenvalue weighted by Gasteiger charge is 2.27. The zero-order valence-corrected chi connectivity index (χ0v) is 11.0. The maximum absolute atomic E-state index is 12.2. The molecule has 1 amide bonds. The molecule has 1 heterocycles. The van der Waals surface area contributed by atoms with Crippen LogP contribution in [0.15, 0.2) is 30.3 Å². The average molecular weight is 282 g/mol. The van der Waals surface area contributed by atoms with E-state index in [1.165, 1.54) is 0 Å². The molecule has 2 rings (SSSR count). The minimum Gasteiger partial charge on any atom is -0.338 e. The molecule has 2 unspecified atom stereocenters. The molecular weight excluding hydrogens is 266 g/mol. The lowest BCUT2D eigenvalue weighted by Crippen LogP contribution is -2.43. The van der Waals surface area contributed by atoms with Crippen LogP contribution < -0.4 is 0 Å². The van der Waals surface area contributed by atoms with E-state index in [9.17, 15) is 4.79 Å². The summed E-state index contributed by atoms with van der Waals surface area (Å²) in [4.78, 5) is 14.5. The third-order valence-corrected chi connectivity index (χ3v) is 4.37. The molecule has 3 heteroatoms. The summed E-state index contributed by atoms with van der Waals surface area (Å²) in [6.45, 7) is 3.91. The monoisotopic (exact) mass is 281 g/mol. The SMILES string of the molecule is CC1CCN(C(=O)c2ccccc2)CC1Br. The van der Waals surface area contributed by atoms with Crippen LogP contribution >= 0.6 is 15.9 Å². The van der Waals surface area contributed by atoms with Gasteiger partial charge in [0, 0.05) is 23.5 Å². The molecule has 16 heavy (non-hydrogen) atoms. The van der Waals surface area contributed by atoms with Gasteiger partial charge in [0.05, 0.1) is 0 Å². The molecule has 0 radical (unpaired) electrons. The van der Waals surface area contributed by atoms with Gasteiger partial charge in [-0.25, -0.2) is 0 Å². The second-order valence-corrected chi connectivity index (χ2v) is 5.58. The molecule has 1 fully saturated rings. The molecule has 2 atom stereocenters. The summed E-state index contributed by atoms with van der Waals surface area (Å²) in [7, 11) is 0. The fraction of sp³-hybridized carbons (Fsp3) is 0.462. The first-order valence-electron chi connectivity index (χ1n) is 5.67. The molecule has 0 bridgehead atoms. The molecule has 1 aromatic carbocycles. The number of benzene rings is 1. The molecule has 0 aromatic heterocycles. The highest BCUT2D eigenvalue weighted by Crippen LogP contribution is 2.24. The number of halogens is 1. The Morgan fingerprint density at radius 3 is 2.69 bits per heavy atom. The fourth-order valence-electron chi connectivity index (χ4n) is 1.97. The number of hydrogen-bond donors (Lipinski definition) is 0. The van der Waals surface area contributed by atoms with E-state index in [1.807, 2.05) is 35.2 Å². The number of amides is 1. The summed E-state index contributed by atoms with van der Waals surface area (Å²) in [6, 6.07) is 9.51. The van der Waals surface area contributed by atoms with Crippen molar-refractivity contribution in [3.8, 4) is 0 Å². The predicted octanol–water partition coefficient (Wildman–Crippen LogP) is 2.93. The minimum atomic E-state index is 0.150. The fourth-order valence-corrected chi connectivity index (χ4v) is 2.58. The number of carbonyl (C=O) groups is 1. The third kappa shape index (κ3) is 2.46. The van der Waals surface area contributed by atoms with Gasteiger partial charge in [-0.15, -0.1) is 0 Å². The van der Waals surface area contributed by atoms with Crippen molar-refractivity contribution in [1.29, 1.82) is 0 Å². The topological polar surface area (TPSA) is 20.3 Å². The van der Waals surface area contributed by atoms with Gasteiger partial charge in [0.2, 0.25) is 0 Å². The number of hydrogen-bond acceptors (Lipinski definition) is 1. The van der Waals surface area contributed by atoms with E-state index in [0.717, 1.165) is 25.1 Å². The van der Waals surface area contributed by atoms with Crippen molar-refractivity contribution >= 4 is 21.8 Å². The lowest BCUT2D eigenvalue weighted by Gasteiger charge is -2.34. The van der Waals surface area contributed by atoms with E-state index in [1.54, 1.807) is 0 Å². The molecule has 0 saturated carbocycles. The van der Waals surface area contributed by atoms with Crippen LogP contribution in [0.4, 0.5) is 0 Å². The van der Waals surface area contributed by atoms with Gasteiger partial charge < -0.3 is 4.90 Å². The summed E-state index contributed by atoms with van der Waals surface area (Å²) in [6.07, 6.45) is 1.08. The molecule has 2 nitrogen and oxygen atoms in total. The molecule has 0 aliphatic carbocycles. The molecule has 1 aromatic rings. The van der Waals surface area contributed by atoms with Crippen molar-refractivity contribution in [2.45, 2.75) is 18.2 Å². The van der Waals surface area contributed by atoms with Crippen molar-refractivity contribution < 1.29 is 4.79 Å². The Bertz CT molecular complexity index is 365. The Kier molecular flexibility index (Phi) is 3.64. The standard InChI is InChI=1S/C13H16BrNO/c1-10-7-8-15(9-12(10)14)13(16)11-5-3-2-4-6-11/h2-6,10,12H,7-9H2,1H3. The highest BCUT2D eigenvalue weighted by atomic mass is 79.9. The van der Waals surface area contributed by atoms with E-state index >= 15 is 0 Å². The third-order valence-electron chi connectivity index (χ3n) is 3.17. The maximum Gasteiger partial charge on any atom is 0.253 e. The highest BCUT2D eigenvalue weighted by molar-refractivity contribution is 9.09. The van der Waals surface area contributed by atoms with Crippen LogP contribution in [0.5, 0.6) is 0 Å². The molecule has 1 aliphatic rings. The Hall–Kier alpha value is -0.830. The van der Waals surface area contributed by atoms with E-state index in [2.05, 4.69) is 22.9 Å². The van der Waals surface area contributed by atoms with Gasteiger partial charge in [0.1, 0.15) is 0 Å². The Labute approximate surface area is 105 Å². The number of nitrogens with zero attached hydrogens (tertiary/aromatic N) is 1. The molecule has 86 valence electrons. The van der Waals surface area contributed by atoms with Gasteiger partial charge in [0.25, 0.3) is 5.91 Å². The lowest BCUT2D eigenvalue weighted by atomic mass is 9.98. The summed E-state index contributed by atoms with van der Waals surface area (Å²) in [5, 5.41) is 0. The van der Waals surface area contributed by atoms with Crippen LogP contribution in [0.25, 0.3) is 0 Å². The van der Waals surface area contributed by atoms with Gasteiger partial charge in [-0.3, -0.25) is 4.79 Å². The van der Waals surface area contributed by atoms with Crippen LogP contribution in [0.3, 0.4) is 0 Å². The summed E-state index contributed by atoms with van der Waals surface area (Å²) >= 11 is 3.64. The lowest BCUT2D eigenvalue weighted by molar-refractivity contribution is 0.0706. The summed E-state index contributed by atoms with van der Waals surface area (Å²) < 4.78 is 0. The zero-order chi connectivity index (χ0) is 11.5. The first kappa shape index (κ1) is 11.6. The molecule has 1 aliphatic heterocycles. The predicted molar refractivity (Wildman–Crippen MR) is 68.8 cm³/mol. The van der Waals surface area contributed by atoms with E-state index < -0.39 is 0 Å². The maximum atomic E-state index is 12.2. The van der Waals surface area contributed by atoms with Gasteiger partial charge in [0.15, 0.2) is 0 Å². The number of carbonyl (C=O) groups excluding carboxylic acids is 1. The van der Waals surface area contributed by atoms with Gasteiger partial charge in [-0.2, -0.15) is 0 Å². The quantitative estimate of drug-likeness (QED) is 0.725. The van der Waals surface area contributed by atoms with Gasteiger partial charge in [-0.1, -0.05) is 41.1 Å². The van der Waals surface area contributed by atoms with Gasteiger partial charge in [-0.05, 0) is 24.5 Å². The second kappa shape index (κ2) is 5.00. The van der Waals surface area contributed by atoms with E-state index in [-0.39, 0.29) is 5.91 Å². The number of rotatable bonds is 1. The Morgan fingerprint density at radius 1 is 1.38 bits per heavy atom. The molecule has 1 saturated heterocycles. The van der Waals surface area contributed by atoms with Gasteiger partial charge >= 0.3 is 0 Å². The molecule has 0 spiro atoms. The van der Waals surface area contributed by atoms with Crippen molar-refractivity contribution in [2.75, 3.05) is 13.1 Å². The minimum absolute atomic E-state index is 0.150. The van der Waals surface area contributed by atoms with Crippen LogP contribution in [0.2, 0.25) is 0 Å². The largest absolute Gasteiger partial charge is 0.338 e. The van der Waals surface area contributed by atoms with Crippen molar-refractivity contribution in [3.63, 3.8) is 0 Å². The Morgan fingerprint density at radius 2 is 2.06 bits per heavy atom. The normalized spacial score (nSPS) is 25.5. The van der Waals surface area contributed by atoms with E-state index in [0.29, 0.717) is 10.7 Å². The van der Waals surface area contributed by atoms with Crippen LogP contribution in [0, 0.1) is 5.92 Å². The Balaban J connectivity index is 2.06. The average Bonchev–Trinajstić information content (AvgIpc) is 2.33. The number of alkyl halides is 1. The first-order valence-corrected chi connectivity index (χ1v) is 6.58. The van der Waals surface area contributed by atoms with Crippen LogP contribution in [-0.2, 0) is 0 Å². The smallest absolute Gasteiger partial charge is 0.253 e. The van der Waals surface area contributed by atoms with Crippen molar-refractivity contribution in [1.82, 2.24) is 4.90 Å². The van der Waals surface area contributed by atoms with Crippen LogP contribution in [-0.4, -0.2) is 28.7 Å². The van der Waals surface area contributed by atoms with E-state index in [4.69, 9.17) is 0 Å².